The first-order valence-corrected chi connectivity index (χ1v) is 12.9. The Labute approximate surface area is 202 Å². The van der Waals surface area contributed by atoms with Gasteiger partial charge in [0.1, 0.15) is 0 Å². The molecule has 6 N–H and O–H groups in total. The molecular weight excluding hydrogens is 436 g/mol. The third-order valence-electron chi connectivity index (χ3n) is 10.5. The van der Waals surface area contributed by atoms with Crippen molar-refractivity contribution in [3.8, 4) is 0 Å². The number of hydrogen-bond acceptors (Lipinski definition) is 7. The van der Waals surface area contributed by atoms with Crippen molar-refractivity contribution in [1.82, 2.24) is 0 Å². The highest BCUT2D eigenvalue weighted by Crippen LogP contribution is 2.68. The van der Waals surface area contributed by atoms with Crippen molar-refractivity contribution in [2.75, 3.05) is 0 Å². The zero-order valence-corrected chi connectivity index (χ0v) is 21.3. The second-order valence-corrected chi connectivity index (χ2v) is 13.2. The number of aliphatic hydroxyl groups is 6. The van der Waals surface area contributed by atoms with Crippen LogP contribution in [0, 0.1) is 28.6 Å². The van der Waals surface area contributed by atoms with Crippen LogP contribution in [0.2, 0.25) is 0 Å². The number of fused-ring (bicyclic) bond motifs is 5. The monoisotopic (exact) mass is 480 g/mol. The summed E-state index contributed by atoms with van der Waals surface area (Å²) in [6.45, 7) is 8.96. The van der Waals surface area contributed by atoms with Crippen LogP contribution in [0.15, 0.2) is 11.6 Å². The van der Waals surface area contributed by atoms with Gasteiger partial charge in [-0.05, 0) is 101 Å². The summed E-state index contributed by atoms with van der Waals surface area (Å²) in [6.07, 6.45) is 2.11. The second-order valence-electron chi connectivity index (χ2n) is 13.2. The molecule has 3 saturated carbocycles. The van der Waals surface area contributed by atoms with Gasteiger partial charge in [0.2, 0.25) is 0 Å². The first-order valence-electron chi connectivity index (χ1n) is 12.9. The van der Waals surface area contributed by atoms with Gasteiger partial charge in [0.05, 0.1) is 35.1 Å². The lowest BCUT2D eigenvalue weighted by atomic mass is 9.45. The van der Waals surface area contributed by atoms with Crippen LogP contribution in [0.3, 0.4) is 0 Å². The molecule has 0 heterocycles. The number of rotatable bonds is 5. The van der Waals surface area contributed by atoms with Gasteiger partial charge >= 0.3 is 0 Å². The van der Waals surface area contributed by atoms with E-state index < -0.39 is 45.9 Å². The molecule has 7 nitrogen and oxygen atoms in total. The molecule has 0 amide bonds. The molecular formula is C27H44O7. The predicted octanol–water partition coefficient (Wildman–Crippen LogP) is 1.85. The third kappa shape index (κ3) is 3.73. The molecule has 34 heavy (non-hydrogen) atoms. The van der Waals surface area contributed by atoms with Crippen molar-refractivity contribution in [2.24, 2.45) is 28.6 Å². The second kappa shape index (κ2) is 8.09. The molecule has 0 spiro atoms. The fourth-order valence-electron chi connectivity index (χ4n) is 8.32. The molecule has 7 heteroatoms. The maximum absolute atomic E-state index is 13.2. The summed E-state index contributed by atoms with van der Waals surface area (Å²) in [5, 5.41) is 65.5. The molecule has 0 aromatic carbocycles. The van der Waals surface area contributed by atoms with Crippen LogP contribution in [0.4, 0.5) is 0 Å². The minimum absolute atomic E-state index is 0.0840. The van der Waals surface area contributed by atoms with Gasteiger partial charge in [-0.2, -0.15) is 0 Å². The van der Waals surface area contributed by atoms with E-state index in [1.807, 2.05) is 13.8 Å². The Morgan fingerprint density at radius 3 is 2.32 bits per heavy atom. The topological polar surface area (TPSA) is 138 Å². The smallest absolute Gasteiger partial charge is 0.159 e. The average Bonchev–Trinajstić information content (AvgIpc) is 3.00. The Morgan fingerprint density at radius 2 is 1.71 bits per heavy atom. The number of allylic oxidation sites excluding steroid dienone is 1. The Kier molecular flexibility index (Phi) is 6.24. The van der Waals surface area contributed by atoms with Crippen LogP contribution in [-0.4, -0.2) is 71.5 Å². The van der Waals surface area contributed by atoms with Crippen molar-refractivity contribution in [3.63, 3.8) is 0 Å². The van der Waals surface area contributed by atoms with Crippen LogP contribution in [0.5, 0.6) is 0 Å². The van der Waals surface area contributed by atoms with E-state index in [1.165, 1.54) is 0 Å². The van der Waals surface area contributed by atoms with Gasteiger partial charge in [-0.25, -0.2) is 0 Å². The van der Waals surface area contributed by atoms with Gasteiger partial charge in [0.15, 0.2) is 5.78 Å². The highest BCUT2D eigenvalue weighted by atomic mass is 16.3. The lowest BCUT2D eigenvalue weighted by Gasteiger charge is -2.60. The zero-order chi connectivity index (χ0) is 25.5. The number of aliphatic hydroxyl groups excluding tert-OH is 3. The maximum atomic E-state index is 13.2. The Hall–Kier alpha value is -0.830. The Bertz CT molecular complexity index is 860. The summed E-state index contributed by atoms with van der Waals surface area (Å²) in [7, 11) is 0. The van der Waals surface area contributed by atoms with Crippen LogP contribution >= 0.6 is 0 Å². The summed E-state index contributed by atoms with van der Waals surface area (Å²) in [4.78, 5) is 13.2. The molecule has 4 aliphatic rings. The molecule has 0 radical (unpaired) electrons. The molecule has 0 unspecified atom stereocenters. The summed E-state index contributed by atoms with van der Waals surface area (Å²) < 4.78 is 0. The SMILES string of the molecule is CC(C)(O)CC[C@H](O)[C@](C)(O)[C@H]1CC[C@@]2(O)C3=CC(=O)[C@H]4C[C@H](O)[C@@H](O)C[C@]4(C)[C@H]3CC[C@]12C. The van der Waals surface area contributed by atoms with Crippen LogP contribution in [0.25, 0.3) is 0 Å². The van der Waals surface area contributed by atoms with Crippen molar-refractivity contribution in [1.29, 1.82) is 0 Å². The van der Waals surface area contributed by atoms with Gasteiger partial charge < -0.3 is 30.6 Å². The van der Waals surface area contributed by atoms with Crippen molar-refractivity contribution in [2.45, 2.75) is 121 Å². The minimum atomic E-state index is -1.46. The van der Waals surface area contributed by atoms with Crippen molar-refractivity contribution >= 4 is 5.78 Å². The Morgan fingerprint density at radius 1 is 1.06 bits per heavy atom. The van der Waals surface area contributed by atoms with E-state index >= 15 is 0 Å². The average molecular weight is 481 g/mol. The van der Waals surface area contributed by atoms with E-state index in [2.05, 4.69) is 0 Å². The predicted molar refractivity (Wildman–Crippen MR) is 127 cm³/mol. The summed E-state index contributed by atoms with van der Waals surface area (Å²) in [5.74, 6) is -0.948. The van der Waals surface area contributed by atoms with Gasteiger partial charge in [0.25, 0.3) is 0 Å². The molecule has 0 aromatic heterocycles. The van der Waals surface area contributed by atoms with E-state index in [0.717, 1.165) is 0 Å². The number of carbonyl (C=O) groups excluding carboxylic acids is 1. The van der Waals surface area contributed by atoms with Gasteiger partial charge in [-0.15, -0.1) is 0 Å². The highest BCUT2D eigenvalue weighted by Gasteiger charge is 2.69. The van der Waals surface area contributed by atoms with Crippen molar-refractivity contribution < 1.29 is 35.4 Å². The van der Waals surface area contributed by atoms with Crippen LogP contribution < -0.4 is 0 Å². The molecule has 0 bridgehead atoms. The lowest BCUT2D eigenvalue weighted by Crippen LogP contribution is -2.62. The third-order valence-corrected chi connectivity index (χ3v) is 10.5. The zero-order valence-electron chi connectivity index (χ0n) is 21.3. The van der Waals surface area contributed by atoms with E-state index in [9.17, 15) is 35.4 Å². The van der Waals surface area contributed by atoms with E-state index in [4.69, 9.17) is 0 Å². The number of ketones is 1. The fourth-order valence-corrected chi connectivity index (χ4v) is 8.32. The van der Waals surface area contributed by atoms with Gasteiger partial charge in [-0.1, -0.05) is 13.8 Å². The van der Waals surface area contributed by atoms with Gasteiger partial charge in [-0.3, -0.25) is 4.79 Å². The van der Waals surface area contributed by atoms with E-state index in [0.29, 0.717) is 44.1 Å². The van der Waals surface area contributed by atoms with E-state index in [1.54, 1.807) is 26.8 Å². The first kappa shape index (κ1) is 26.2. The molecule has 4 aliphatic carbocycles. The number of hydrogen-bond donors (Lipinski definition) is 6. The number of carbonyl (C=O) groups is 1. The minimum Gasteiger partial charge on any atom is -0.390 e. The lowest BCUT2D eigenvalue weighted by molar-refractivity contribution is -0.177. The fraction of sp³-hybridized carbons (Fsp3) is 0.889. The molecule has 3 fully saturated rings. The summed E-state index contributed by atoms with van der Waals surface area (Å²) in [6, 6.07) is 0. The summed E-state index contributed by atoms with van der Waals surface area (Å²) in [5.41, 5.74) is -4.27. The van der Waals surface area contributed by atoms with Gasteiger partial charge in [0, 0.05) is 11.3 Å². The van der Waals surface area contributed by atoms with Crippen LogP contribution in [-0.2, 0) is 4.79 Å². The normalized spacial score (nSPS) is 47.2. The largest absolute Gasteiger partial charge is 0.390 e. The first-order chi connectivity index (χ1) is 15.5. The molecule has 0 aromatic rings. The maximum Gasteiger partial charge on any atom is 0.159 e. The van der Waals surface area contributed by atoms with E-state index in [-0.39, 0.29) is 36.4 Å². The van der Waals surface area contributed by atoms with Crippen LogP contribution in [0.1, 0.15) is 86.0 Å². The molecule has 0 saturated heterocycles. The quantitative estimate of drug-likeness (QED) is 0.353. The molecule has 0 aliphatic heterocycles. The molecule has 4 rings (SSSR count). The highest BCUT2D eigenvalue weighted by molar-refractivity contribution is 5.95. The summed E-state index contributed by atoms with van der Waals surface area (Å²) >= 11 is 0. The molecule has 10 atom stereocenters. The standard InChI is InChI=1S/C27H44O7/c1-23(2,32)9-8-22(31)26(5,33)21-7-11-27(34)16-12-18(28)17-13-19(29)20(30)14-24(17,3)15(16)6-10-25(21,27)4/h12,15,17,19-22,29-34H,6-11,13-14H2,1-5H3/t15-,17+,19-,20-,21-,22-,24+,25+,26+,27+/m0/s1. The molecule has 194 valence electrons. The van der Waals surface area contributed by atoms with Crippen molar-refractivity contribution in [3.05, 3.63) is 11.6 Å². The Balaban J connectivity index is 1.66.